The summed E-state index contributed by atoms with van der Waals surface area (Å²) in [6.45, 7) is 0.735. The van der Waals surface area contributed by atoms with E-state index in [1.807, 2.05) is 0 Å². The van der Waals surface area contributed by atoms with E-state index in [9.17, 15) is 14.4 Å². The fraction of sp³-hybridized carbons (Fsp3) is 0.357. The molecule has 0 bridgehead atoms. The second-order valence-corrected chi connectivity index (χ2v) is 5.18. The van der Waals surface area contributed by atoms with Gasteiger partial charge in [-0.2, -0.15) is 0 Å². The van der Waals surface area contributed by atoms with Gasteiger partial charge in [0.2, 0.25) is 0 Å². The molecule has 3 rings (SSSR count). The van der Waals surface area contributed by atoms with Crippen molar-refractivity contribution in [2.45, 2.75) is 12.8 Å². The van der Waals surface area contributed by atoms with Gasteiger partial charge in [-0.05, 0) is 37.4 Å². The Bertz CT molecular complexity index is 608. The van der Waals surface area contributed by atoms with E-state index in [-0.39, 0.29) is 23.4 Å². The van der Waals surface area contributed by atoms with Gasteiger partial charge >= 0.3 is 0 Å². The molecule has 1 aliphatic carbocycles. The lowest BCUT2D eigenvalue weighted by molar-refractivity contribution is -0.125. The summed E-state index contributed by atoms with van der Waals surface area (Å²) in [6, 6.07) is 4.65. The van der Waals surface area contributed by atoms with Crippen molar-refractivity contribution < 1.29 is 14.4 Å². The summed E-state index contributed by atoms with van der Waals surface area (Å²) in [7, 11) is 0. The van der Waals surface area contributed by atoms with Crippen LogP contribution in [0.1, 0.15) is 33.6 Å². The highest BCUT2D eigenvalue weighted by atomic mass is 16.2. The number of nitrogens with zero attached hydrogens (tertiary/aromatic N) is 1. The number of carbonyl (C=O) groups excluding carboxylic acids is 3. The second-order valence-electron chi connectivity index (χ2n) is 5.18. The molecule has 3 N–H and O–H groups in total. The molecule has 20 heavy (non-hydrogen) atoms. The first-order valence-electron chi connectivity index (χ1n) is 6.60. The maximum atomic E-state index is 12.2. The normalized spacial score (nSPS) is 17.5. The van der Waals surface area contributed by atoms with Gasteiger partial charge in [0.15, 0.2) is 0 Å². The number of nitrogen functional groups attached to an aromatic ring is 1. The van der Waals surface area contributed by atoms with Gasteiger partial charge in [0.1, 0.15) is 0 Å². The highest BCUT2D eigenvalue weighted by Crippen LogP contribution is 2.28. The molecule has 6 heteroatoms. The molecular formula is C14H15N3O3. The number of rotatable bonds is 4. The standard InChI is InChI=1S/C14H15N3O3/c15-10-3-1-2-9-12(10)14(20)17(13(9)19)11(18)7-16-6-8-4-5-8/h1-3,8,16H,4-7,15H2. The van der Waals surface area contributed by atoms with Crippen LogP contribution in [0.25, 0.3) is 0 Å². The molecule has 1 aromatic carbocycles. The van der Waals surface area contributed by atoms with Gasteiger partial charge < -0.3 is 11.1 Å². The summed E-state index contributed by atoms with van der Waals surface area (Å²) >= 11 is 0. The molecule has 2 aliphatic rings. The van der Waals surface area contributed by atoms with Crippen LogP contribution in [-0.4, -0.2) is 35.7 Å². The molecule has 104 valence electrons. The molecule has 1 saturated carbocycles. The Labute approximate surface area is 115 Å². The molecule has 3 amide bonds. The van der Waals surface area contributed by atoms with Crippen LogP contribution in [0.2, 0.25) is 0 Å². The van der Waals surface area contributed by atoms with Crippen LogP contribution in [0.3, 0.4) is 0 Å². The number of nitrogens with two attached hydrogens (primary N) is 1. The Morgan fingerprint density at radius 1 is 1.30 bits per heavy atom. The van der Waals surface area contributed by atoms with Crippen molar-refractivity contribution in [2.24, 2.45) is 5.92 Å². The maximum Gasteiger partial charge on any atom is 0.270 e. The first kappa shape index (κ1) is 12.8. The van der Waals surface area contributed by atoms with E-state index in [1.165, 1.54) is 18.9 Å². The van der Waals surface area contributed by atoms with Gasteiger partial charge in [-0.1, -0.05) is 6.07 Å². The monoisotopic (exact) mass is 273 g/mol. The molecule has 0 radical (unpaired) electrons. The summed E-state index contributed by atoms with van der Waals surface area (Å²) in [6.07, 6.45) is 2.34. The maximum absolute atomic E-state index is 12.2. The quantitative estimate of drug-likeness (QED) is 0.611. The van der Waals surface area contributed by atoms with Crippen LogP contribution < -0.4 is 11.1 Å². The summed E-state index contributed by atoms with van der Waals surface area (Å²) in [5.41, 5.74) is 6.26. The van der Waals surface area contributed by atoms with Crippen molar-refractivity contribution in [1.29, 1.82) is 0 Å². The lowest BCUT2D eigenvalue weighted by atomic mass is 10.1. The zero-order chi connectivity index (χ0) is 14.3. The molecule has 1 aliphatic heterocycles. The van der Waals surface area contributed by atoms with E-state index in [2.05, 4.69) is 5.32 Å². The molecule has 0 atom stereocenters. The van der Waals surface area contributed by atoms with E-state index in [4.69, 9.17) is 5.73 Å². The largest absolute Gasteiger partial charge is 0.398 e. The average molecular weight is 273 g/mol. The van der Waals surface area contributed by atoms with E-state index in [0.717, 1.165) is 6.54 Å². The fourth-order valence-corrected chi connectivity index (χ4v) is 2.32. The molecule has 6 nitrogen and oxygen atoms in total. The molecule has 1 fully saturated rings. The first-order chi connectivity index (χ1) is 9.59. The van der Waals surface area contributed by atoms with Crippen LogP contribution in [0.4, 0.5) is 5.69 Å². The number of hydrogen-bond donors (Lipinski definition) is 2. The van der Waals surface area contributed by atoms with E-state index >= 15 is 0 Å². The smallest absolute Gasteiger partial charge is 0.270 e. The van der Waals surface area contributed by atoms with Crippen LogP contribution >= 0.6 is 0 Å². The van der Waals surface area contributed by atoms with Crippen LogP contribution in [0, 0.1) is 5.92 Å². The number of benzene rings is 1. The third-order valence-electron chi connectivity index (χ3n) is 3.60. The molecular weight excluding hydrogens is 258 g/mol. The predicted octanol–water partition coefficient (Wildman–Crippen LogP) is 0.391. The molecule has 0 unspecified atom stereocenters. The lowest BCUT2D eigenvalue weighted by Crippen LogP contribution is -2.42. The number of carbonyl (C=O) groups is 3. The van der Waals surface area contributed by atoms with Gasteiger partial charge in [-0.15, -0.1) is 0 Å². The third-order valence-corrected chi connectivity index (χ3v) is 3.60. The van der Waals surface area contributed by atoms with Crippen LogP contribution in [0.15, 0.2) is 18.2 Å². The number of fused-ring (bicyclic) bond motifs is 1. The van der Waals surface area contributed by atoms with Gasteiger partial charge in [0, 0.05) is 5.69 Å². The Morgan fingerprint density at radius 3 is 2.70 bits per heavy atom. The second kappa shape index (κ2) is 4.72. The van der Waals surface area contributed by atoms with Crippen molar-refractivity contribution in [3.63, 3.8) is 0 Å². The minimum atomic E-state index is -0.624. The van der Waals surface area contributed by atoms with Crippen molar-refractivity contribution in [1.82, 2.24) is 10.2 Å². The van der Waals surface area contributed by atoms with Crippen molar-refractivity contribution in [2.75, 3.05) is 18.8 Å². The Morgan fingerprint density at radius 2 is 2.05 bits per heavy atom. The van der Waals surface area contributed by atoms with Crippen molar-refractivity contribution in [3.8, 4) is 0 Å². The minimum Gasteiger partial charge on any atom is -0.398 e. The van der Waals surface area contributed by atoms with E-state index in [1.54, 1.807) is 12.1 Å². The predicted molar refractivity (Wildman–Crippen MR) is 72.0 cm³/mol. The Balaban J connectivity index is 1.75. The molecule has 0 spiro atoms. The van der Waals surface area contributed by atoms with Gasteiger partial charge in [0.25, 0.3) is 17.7 Å². The molecule has 1 aromatic rings. The SMILES string of the molecule is Nc1cccc2c1C(=O)N(C(=O)CNCC1CC1)C2=O. The Hall–Kier alpha value is -2.21. The summed E-state index contributed by atoms with van der Waals surface area (Å²) < 4.78 is 0. The van der Waals surface area contributed by atoms with Gasteiger partial charge in [0.05, 0.1) is 17.7 Å². The number of amides is 3. The highest BCUT2D eigenvalue weighted by molar-refractivity contribution is 6.30. The highest BCUT2D eigenvalue weighted by Gasteiger charge is 2.40. The minimum absolute atomic E-state index is 0.0120. The van der Waals surface area contributed by atoms with Crippen LogP contribution in [-0.2, 0) is 4.79 Å². The fourth-order valence-electron chi connectivity index (χ4n) is 2.32. The van der Waals surface area contributed by atoms with Gasteiger partial charge in [-0.25, -0.2) is 4.90 Å². The topological polar surface area (TPSA) is 92.5 Å². The van der Waals surface area contributed by atoms with E-state index in [0.29, 0.717) is 10.8 Å². The number of imide groups is 3. The number of hydrogen-bond acceptors (Lipinski definition) is 5. The van der Waals surface area contributed by atoms with Gasteiger partial charge in [-0.3, -0.25) is 14.4 Å². The van der Waals surface area contributed by atoms with E-state index < -0.39 is 17.7 Å². The molecule has 0 saturated heterocycles. The van der Waals surface area contributed by atoms with Crippen molar-refractivity contribution in [3.05, 3.63) is 29.3 Å². The molecule has 0 aromatic heterocycles. The molecule has 1 heterocycles. The number of anilines is 1. The first-order valence-corrected chi connectivity index (χ1v) is 6.60. The summed E-state index contributed by atoms with van der Waals surface area (Å²) in [5.74, 6) is -1.12. The summed E-state index contributed by atoms with van der Waals surface area (Å²) in [4.78, 5) is 37.0. The lowest BCUT2D eigenvalue weighted by Gasteiger charge is -2.12. The number of nitrogens with one attached hydrogen (secondary N) is 1. The Kier molecular flexibility index (Phi) is 3.02. The average Bonchev–Trinajstić information content (AvgIpc) is 3.18. The third kappa shape index (κ3) is 2.08. The zero-order valence-electron chi connectivity index (χ0n) is 10.9. The van der Waals surface area contributed by atoms with Crippen LogP contribution in [0.5, 0.6) is 0 Å². The zero-order valence-corrected chi connectivity index (χ0v) is 10.9. The van der Waals surface area contributed by atoms with Crippen molar-refractivity contribution >= 4 is 23.4 Å². The summed E-state index contributed by atoms with van der Waals surface area (Å²) in [5, 5.41) is 2.98.